The van der Waals surface area contributed by atoms with Crippen LogP contribution >= 0.6 is 15.9 Å². The molecule has 0 bridgehead atoms. The summed E-state index contributed by atoms with van der Waals surface area (Å²) in [5.41, 5.74) is 1.11. The molecule has 1 amide bonds. The van der Waals surface area contributed by atoms with Gasteiger partial charge in [0.05, 0.1) is 13.0 Å². The van der Waals surface area contributed by atoms with Crippen molar-refractivity contribution < 1.29 is 9.53 Å². The number of piperidine rings is 1. The van der Waals surface area contributed by atoms with Crippen LogP contribution in [-0.2, 0) is 16.0 Å². The Balaban J connectivity index is 1.85. The van der Waals surface area contributed by atoms with Gasteiger partial charge in [-0.3, -0.25) is 4.79 Å². The van der Waals surface area contributed by atoms with Crippen LogP contribution in [-0.4, -0.2) is 39.3 Å². The van der Waals surface area contributed by atoms with Crippen LogP contribution in [0.1, 0.15) is 18.4 Å². The van der Waals surface area contributed by atoms with Gasteiger partial charge in [-0.2, -0.15) is 0 Å². The Morgan fingerprint density at radius 2 is 2.00 bits per heavy atom. The van der Waals surface area contributed by atoms with Crippen molar-refractivity contribution >= 4 is 21.8 Å². The van der Waals surface area contributed by atoms with Gasteiger partial charge in [-0.05, 0) is 43.6 Å². The van der Waals surface area contributed by atoms with Crippen LogP contribution in [0.4, 0.5) is 0 Å². The van der Waals surface area contributed by atoms with Crippen LogP contribution in [0.2, 0.25) is 0 Å². The third-order valence-electron chi connectivity index (χ3n) is 4.05. The van der Waals surface area contributed by atoms with Crippen molar-refractivity contribution in [2.45, 2.75) is 19.3 Å². The monoisotopic (exact) mass is 354 g/mol. The number of halogens is 1. The molecule has 5 heteroatoms. The van der Waals surface area contributed by atoms with Crippen molar-refractivity contribution in [1.82, 2.24) is 10.6 Å². The molecule has 1 aromatic carbocycles. The maximum Gasteiger partial charge on any atom is 0.224 e. The minimum atomic E-state index is 0.0753. The lowest BCUT2D eigenvalue weighted by Gasteiger charge is -2.37. The van der Waals surface area contributed by atoms with Gasteiger partial charge in [-0.25, -0.2) is 0 Å². The average molecular weight is 355 g/mol. The molecule has 21 heavy (non-hydrogen) atoms. The molecule has 1 aromatic rings. The first-order valence-electron chi connectivity index (χ1n) is 7.34. The molecule has 0 atom stereocenters. The molecule has 116 valence electrons. The summed E-state index contributed by atoms with van der Waals surface area (Å²) in [6.07, 6.45) is 2.51. The molecular weight excluding hydrogens is 332 g/mol. The van der Waals surface area contributed by atoms with Crippen molar-refractivity contribution in [2.75, 3.05) is 33.4 Å². The van der Waals surface area contributed by atoms with E-state index in [1.165, 1.54) is 0 Å². The lowest BCUT2D eigenvalue weighted by Crippen LogP contribution is -2.47. The summed E-state index contributed by atoms with van der Waals surface area (Å²) in [5, 5.41) is 6.44. The number of nitrogens with one attached hydrogen (secondary N) is 2. The van der Waals surface area contributed by atoms with E-state index in [0.29, 0.717) is 19.6 Å². The molecule has 0 radical (unpaired) electrons. The van der Waals surface area contributed by atoms with E-state index in [9.17, 15) is 4.79 Å². The Bertz CT molecular complexity index is 450. The van der Waals surface area contributed by atoms with Gasteiger partial charge in [-0.15, -0.1) is 0 Å². The van der Waals surface area contributed by atoms with Crippen molar-refractivity contribution in [1.29, 1.82) is 0 Å². The zero-order valence-electron chi connectivity index (χ0n) is 12.5. The van der Waals surface area contributed by atoms with Gasteiger partial charge in [0.25, 0.3) is 0 Å². The molecule has 2 N–H and O–H groups in total. The first-order valence-corrected chi connectivity index (χ1v) is 8.14. The largest absolute Gasteiger partial charge is 0.384 e. The number of ether oxygens (including phenoxy) is 1. The van der Waals surface area contributed by atoms with Gasteiger partial charge < -0.3 is 15.4 Å². The van der Waals surface area contributed by atoms with Gasteiger partial charge in [0.1, 0.15) is 0 Å². The quantitative estimate of drug-likeness (QED) is 0.822. The second-order valence-electron chi connectivity index (χ2n) is 5.76. The molecule has 0 saturated carbocycles. The number of rotatable bonds is 6. The van der Waals surface area contributed by atoms with E-state index >= 15 is 0 Å². The molecule has 0 spiro atoms. The fourth-order valence-corrected chi connectivity index (χ4v) is 3.04. The van der Waals surface area contributed by atoms with E-state index < -0.39 is 0 Å². The maximum absolute atomic E-state index is 12.1. The van der Waals surface area contributed by atoms with Gasteiger partial charge >= 0.3 is 0 Å². The zero-order valence-corrected chi connectivity index (χ0v) is 14.0. The van der Waals surface area contributed by atoms with E-state index in [2.05, 4.69) is 26.6 Å². The highest BCUT2D eigenvalue weighted by Crippen LogP contribution is 2.28. The Morgan fingerprint density at radius 1 is 1.33 bits per heavy atom. The normalized spacial score (nSPS) is 17.4. The number of carbonyl (C=O) groups is 1. The summed E-state index contributed by atoms with van der Waals surface area (Å²) >= 11 is 3.40. The third kappa shape index (κ3) is 5.09. The van der Waals surface area contributed by atoms with Crippen LogP contribution in [0.15, 0.2) is 28.7 Å². The highest BCUT2D eigenvalue weighted by atomic mass is 79.9. The smallest absolute Gasteiger partial charge is 0.224 e. The first-order chi connectivity index (χ1) is 10.1. The highest BCUT2D eigenvalue weighted by molar-refractivity contribution is 9.10. The average Bonchev–Trinajstić information content (AvgIpc) is 2.49. The number of amides is 1. The summed E-state index contributed by atoms with van der Waals surface area (Å²) in [4.78, 5) is 12.1. The molecule has 0 aliphatic carbocycles. The van der Waals surface area contributed by atoms with Crippen molar-refractivity contribution in [2.24, 2.45) is 5.41 Å². The van der Waals surface area contributed by atoms with E-state index in [4.69, 9.17) is 4.74 Å². The number of hydrogen-bond acceptors (Lipinski definition) is 3. The van der Waals surface area contributed by atoms with Crippen LogP contribution < -0.4 is 10.6 Å². The minimum absolute atomic E-state index is 0.0753. The molecule has 1 aliphatic heterocycles. The van der Waals surface area contributed by atoms with E-state index in [0.717, 1.165) is 36.0 Å². The lowest BCUT2D eigenvalue weighted by atomic mass is 9.79. The summed E-state index contributed by atoms with van der Waals surface area (Å²) in [7, 11) is 1.73. The highest BCUT2D eigenvalue weighted by Gasteiger charge is 2.32. The van der Waals surface area contributed by atoms with Crippen LogP contribution in [0.3, 0.4) is 0 Å². The maximum atomic E-state index is 12.1. The minimum Gasteiger partial charge on any atom is -0.384 e. The summed E-state index contributed by atoms with van der Waals surface area (Å²) < 4.78 is 6.39. The third-order valence-corrected chi connectivity index (χ3v) is 4.58. The second kappa shape index (κ2) is 7.92. The van der Waals surface area contributed by atoms with Crippen LogP contribution in [0.25, 0.3) is 0 Å². The summed E-state index contributed by atoms with van der Waals surface area (Å²) in [5.74, 6) is 0.0753. The Kier molecular flexibility index (Phi) is 6.21. The van der Waals surface area contributed by atoms with Gasteiger partial charge in [-0.1, -0.05) is 28.1 Å². The summed E-state index contributed by atoms with van der Waals surface area (Å²) in [6, 6.07) is 7.86. The summed E-state index contributed by atoms with van der Waals surface area (Å²) in [6.45, 7) is 3.38. The number of benzene rings is 1. The molecule has 2 rings (SSSR count). The Morgan fingerprint density at radius 3 is 2.62 bits per heavy atom. The molecule has 1 saturated heterocycles. The molecule has 1 fully saturated rings. The fourth-order valence-electron chi connectivity index (χ4n) is 2.77. The van der Waals surface area contributed by atoms with E-state index in [-0.39, 0.29) is 11.3 Å². The Hall–Kier alpha value is -0.910. The molecule has 0 aromatic heterocycles. The van der Waals surface area contributed by atoms with Gasteiger partial charge in [0.2, 0.25) is 5.91 Å². The fraction of sp³-hybridized carbons (Fsp3) is 0.562. The van der Waals surface area contributed by atoms with E-state index in [1.54, 1.807) is 7.11 Å². The predicted octanol–water partition coefficient (Wildman–Crippen LogP) is 2.12. The molecule has 4 nitrogen and oxygen atoms in total. The Labute approximate surface area is 134 Å². The standard InChI is InChI=1S/C16H23BrN2O2/c1-21-12-16(6-8-18-9-7-16)11-19-15(20)10-13-2-4-14(17)5-3-13/h2-5,18H,6-12H2,1H3,(H,19,20). The molecule has 0 unspecified atom stereocenters. The first kappa shape index (κ1) is 16.5. The lowest BCUT2D eigenvalue weighted by molar-refractivity contribution is -0.121. The van der Waals surface area contributed by atoms with Gasteiger partial charge in [0, 0.05) is 23.5 Å². The number of carbonyl (C=O) groups excluding carboxylic acids is 1. The van der Waals surface area contributed by atoms with Crippen molar-refractivity contribution in [3.63, 3.8) is 0 Å². The zero-order chi connectivity index (χ0) is 15.1. The number of hydrogen-bond donors (Lipinski definition) is 2. The topological polar surface area (TPSA) is 50.4 Å². The van der Waals surface area contributed by atoms with Crippen LogP contribution in [0, 0.1) is 5.41 Å². The molecule has 1 aliphatic rings. The van der Waals surface area contributed by atoms with Crippen molar-refractivity contribution in [3.8, 4) is 0 Å². The SMILES string of the molecule is COCC1(CNC(=O)Cc2ccc(Br)cc2)CCNCC1. The van der Waals surface area contributed by atoms with Crippen LogP contribution in [0.5, 0.6) is 0 Å². The molecular formula is C16H23BrN2O2. The number of methoxy groups -OCH3 is 1. The second-order valence-corrected chi connectivity index (χ2v) is 6.68. The molecule has 1 heterocycles. The predicted molar refractivity (Wildman–Crippen MR) is 87.3 cm³/mol. The van der Waals surface area contributed by atoms with Crippen molar-refractivity contribution in [3.05, 3.63) is 34.3 Å². The van der Waals surface area contributed by atoms with E-state index in [1.807, 2.05) is 24.3 Å². The van der Waals surface area contributed by atoms with Gasteiger partial charge in [0.15, 0.2) is 0 Å².